The third-order valence-corrected chi connectivity index (χ3v) is 6.88. The SMILES string of the molecule is CCOc1ccc(CCN(CCC(=O)O)C(=O)c2ccccc2-c2ccccc2C(=O)NCc2cccnc2)cc1OC. The van der Waals surface area contributed by atoms with Gasteiger partial charge in [0, 0.05) is 43.2 Å². The van der Waals surface area contributed by atoms with Gasteiger partial charge in [-0.1, -0.05) is 48.5 Å². The van der Waals surface area contributed by atoms with Crippen molar-refractivity contribution in [3.63, 3.8) is 0 Å². The van der Waals surface area contributed by atoms with Crippen molar-refractivity contribution in [2.45, 2.75) is 26.3 Å². The Balaban J connectivity index is 1.59. The third kappa shape index (κ3) is 8.19. The molecule has 0 unspecified atom stereocenters. The number of pyridine rings is 1. The molecule has 0 spiro atoms. The molecule has 0 aliphatic rings. The molecule has 0 bridgehead atoms. The average molecular weight is 582 g/mol. The molecule has 0 atom stereocenters. The van der Waals surface area contributed by atoms with Gasteiger partial charge < -0.3 is 24.8 Å². The monoisotopic (exact) mass is 581 g/mol. The Labute approximate surface area is 251 Å². The summed E-state index contributed by atoms with van der Waals surface area (Å²) in [5, 5.41) is 12.3. The van der Waals surface area contributed by atoms with E-state index >= 15 is 0 Å². The average Bonchev–Trinajstić information content (AvgIpc) is 3.04. The van der Waals surface area contributed by atoms with E-state index in [0.29, 0.717) is 53.3 Å². The summed E-state index contributed by atoms with van der Waals surface area (Å²) in [5.41, 5.74) is 3.77. The molecule has 9 heteroatoms. The van der Waals surface area contributed by atoms with Crippen LogP contribution in [0.5, 0.6) is 11.5 Å². The first kappa shape index (κ1) is 30.8. The third-order valence-electron chi connectivity index (χ3n) is 6.88. The highest BCUT2D eigenvalue weighted by Crippen LogP contribution is 2.30. The number of aliphatic carboxylic acids is 1. The van der Waals surface area contributed by atoms with Gasteiger partial charge in [-0.25, -0.2) is 0 Å². The van der Waals surface area contributed by atoms with Crippen molar-refractivity contribution in [3.05, 3.63) is 114 Å². The van der Waals surface area contributed by atoms with Crippen LogP contribution >= 0.6 is 0 Å². The molecule has 0 aliphatic carbocycles. The lowest BCUT2D eigenvalue weighted by atomic mass is 9.94. The van der Waals surface area contributed by atoms with E-state index in [-0.39, 0.29) is 31.3 Å². The fourth-order valence-corrected chi connectivity index (χ4v) is 4.72. The molecule has 222 valence electrons. The molecular weight excluding hydrogens is 546 g/mol. The lowest BCUT2D eigenvalue weighted by Crippen LogP contribution is -2.35. The zero-order valence-electron chi connectivity index (χ0n) is 24.3. The normalized spacial score (nSPS) is 10.6. The highest BCUT2D eigenvalue weighted by atomic mass is 16.5. The largest absolute Gasteiger partial charge is 0.493 e. The first-order chi connectivity index (χ1) is 20.9. The molecule has 0 radical (unpaired) electrons. The lowest BCUT2D eigenvalue weighted by molar-refractivity contribution is -0.137. The van der Waals surface area contributed by atoms with Gasteiger partial charge in [-0.15, -0.1) is 0 Å². The summed E-state index contributed by atoms with van der Waals surface area (Å²) in [6, 6.07) is 23.5. The van der Waals surface area contributed by atoms with Crippen LogP contribution < -0.4 is 14.8 Å². The molecule has 43 heavy (non-hydrogen) atoms. The van der Waals surface area contributed by atoms with Gasteiger partial charge >= 0.3 is 5.97 Å². The maximum atomic E-state index is 14.0. The van der Waals surface area contributed by atoms with Crippen LogP contribution in [0.25, 0.3) is 11.1 Å². The quantitative estimate of drug-likeness (QED) is 0.209. The predicted molar refractivity (Wildman–Crippen MR) is 163 cm³/mol. The van der Waals surface area contributed by atoms with Crippen LogP contribution in [-0.4, -0.2) is 59.6 Å². The smallest absolute Gasteiger partial charge is 0.305 e. The van der Waals surface area contributed by atoms with Gasteiger partial charge in [-0.2, -0.15) is 0 Å². The number of methoxy groups -OCH3 is 1. The lowest BCUT2D eigenvalue weighted by Gasteiger charge is -2.24. The summed E-state index contributed by atoms with van der Waals surface area (Å²) >= 11 is 0. The number of amides is 2. The number of aromatic nitrogens is 1. The van der Waals surface area contributed by atoms with Crippen molar-refractivity contribution < 1.29 is 29.0 Å². The van der Waals surface area contributed by atoms with Gasteiger partial charge in [0.2, 0.25) is 0 Å². The summed E-state index contributed by atoms with van der Waals surface area (Å²) in [4.78, 5) is 44.4. The van der Waals surface area contributed by atoms with Gasteiger partial charge in [0.05, 0.1) is 20.1 Å². The molecule has 0 aliphatic heterocycles. The van der Waals surface area contributed by atoms with E-state index in [0.717, 1.165) is 11.1 Å². The van der Waals surface area contributed by atoms with Crippen LogP contribution in [0.1, 0.15) is 45.2 Å². The van der Waals surface area contributed by atoms with Crippen molar-refractivity contribution >= 4 is 17.8 Å². The number of nitrogens with one attached hydrogen (secondary N) is 1. The van der Waals surface area contributed by atoms with Crippen molar-refractivity contribution in [2.75, 3.05) is 26.8 Å². The fraction of sp³-hybridized carbons (Fsp3) is 0.235. The number of nitrogens with zero attached hydrogens (tertiary/aromatic N) is 2. The van der Waals surface area contributed by atoms with Crippen molar-refractivity contribution in [1.82, 2.24) is 15.2 Å². The van der Waals surface area contributed by atoms with Crippen LogP contribution in [0.2, 0.25) is 0 Å². The van der Waals surface area contributed by atoms with E-state index < -0.39 is 5.97 Å². The molecule has 1 heterocycles. The number of carboxylic acids is 1. The molecule has 2 amide bonds. The highest BCUT2D eigenvalue weighted by molar-refractivity contribution is 6.06. The Bertz CT molecular complexity index is 1560. The van der Waals surface area contributed by atoms with Gasteiger partial charge in [0.15, 0.2) is 11.5 Å². The van der Waals surface area contributed by atoms with Crippen molar-refractivity contribution in [1.29, 1.82) is 0 Å². The molecule has 1 aromatic heterocycles. The molecule has 0 saturated heterocycles. The second-order valence-electron chi connectivity index (χ2n) is 9.74. The van der Waals surface area contributed by atoms with E-state index in [1.54, 1.807) is 66.9 Å². The molecule has 4 rings (SSSR count). The molecule has 2 N–H and O–H groups in total. The molecule has 0 fully saturated rings. The van der Waals surface area contributed by atoms with Crippen molar-refractivity contribution in [3.8, 4) is 22.6 Å². The minimum Gasteiger partial charge on any atom is -0.493 e. The Morgan fingerprint density at radius 1 is 0.860 bits per heavy atom. The number of ether oxygens (including phenoxy) is 2. The maximum Gasteiger partial charge on any atom is 0.305 e. The van der Waals surface area contributed by atoms with Gasteiger partial charge in [0.25, 0.3) is 11.8 Å². The van der Waals surface area contributed by atoms with Gasteiger partial charge in [-0.05, 0) is 65.9 Å². The van der Waals surface area contributed by atoms with Gasteiger partial charge in [0.1, 0.15) is 0 Å². The van der Waals surface area contributed by atoms with Crippen LogP contribution in [0.15, 0.2) is 91.3 Å². The van der Waals surface area contributed by atoms with E-state index in [9.17, 15) is 19.5 Å². The standard InChI is InChI=1S/C34H35N3O6/c1-3-43-30-15-14-24(21-31(30)42-2)16-19-37(20-17-32(38)39)34(41)29-13-7-5-11-27(29)26-10-4-6-12-28(26)33(40)36-23-25-9-8-18-35-22-25/h4-15,18,21-22H,3,16-17,19-20,23H2,1-2H3,(H,36,40)(H,38,39). The number of carboxylic acid groups (broad SMARTS) is 1. The van der Waals surface area contributed by atoms with Gasteiger partial charge in [-0.3, -0.25) is 19.4 Å². The topological polar surface area (TPSA) is 118 Å². The Morgan fingerprint density at radius 2 is 1.58 bits per heavy atom. The molecular formula is C34H35N3O6. The predicted octanol–water partition coefficient (Wildman–Crippen LogP) is 5.25. The highest BCUT2D eigenvalue weighted by Gasteiger charge is 2.23. The number of hydrogen-bond donors (Lipinski definition) is 2. The van der Waals surface area contributed by atoms with Crippen LogP contribution in [0.4, 0.5) is 0 Å². The number of rotatable bonds is 14. The maximum absolute atomic E-state index is 14.0. The molecule has 4 aromatic rings. The number of benzene rings is 3. The Kier molecular flexibility index (Phi) is 10.9. The number of carbonyl (C=O) groups excluding carboxylic acids is 2. The fourth-order valence-electron chi connectivity index (χ4n) is 4.72. The van der Waals surface area contributed by atoms with E-state index in [1.807, 2.05) is 43.3 Å². The summed E-state index contributed by atoms with van der Waals surface area (Å²) < 4.78 is 11.1. The van der Waals surface area contributed by atoms with E-state index in [4.69, 9.17) is 9.47 Å². The zero-order valence-corrected chi connectivity index (χ0v) is 24.3. The Hall–Kier alpha value is -5.18. The Morgan fingerprint density at radius 3 is 2.26 bits per heavy atom. The van der Waals surface area contributed by atoms with E-state index in [2.05, 4.69) is 10.3 Å². The molecule has 9 nitrogen and oxygen atoms in total. The zero-order chi connectivity index (χ0) is 30.6. The van der Waals surface area contributed by atoms with Crippen LogP contribution in [0.3, 0.4) is 0 Å². The second kappa shape index (κ2) is 15.2. The second-order valence-corrected chi connectivity index (χ2v) is 9.74. The summed E-state index contributed by atoms with van der Waals surface area (Å²) in [6.07, 6.45) is 3.63. The molecule has 3 aromatic carbocycles. The first-order valence-corrected chi connectivity index (χ1v) is 14.1. The molecule has 0 saturated carbocycles. The van der Waals surface area contributed by atoms with Crippen LogP contribution in [0, 0.1) is 0 Å². The number of carbonyl (C=O) groups is 3. The minimum absolute atomic E-state index is 0.0317. The van der Waals surface area contributed by atoms with Crippen molar-refractivity contribution in [2.24, 2.45) is 0 Å². The van der Waals surface area contributed by atoms with E-state index in [1.165, 1.54) is 0 Å². The van der Waals surface area contributed by atoms with Crippen LogP contribution in [-0.2, 0) is 17.8 Å². The summed E-state index contributed by atoms with van der Waals surface area (Å²) in [5.74, 6) is -0.380. The number of hydrogen-bond acceptors (Lipinski definition) is 6. The minimum atomic E-state index is -0.996. The summed E-state index contributed by atoms with van der Waals surface area (Å²) in [6.45, 7) is 3.02. The first-order valence-electron chi connectivity index (χ1n) is 14.1. The summed E-state index contributed by atoms with van der Waals surface area (Å²) in [7, 11) is 1.57.